The van der Waals surface area contributed by atoms with Gasteiger partial charge < -0.3 is 15.5 Å². The van der Waals surface area contributed by atoms with Crippen molar-refractivity contribution in [3.63, 3.8) is 0 Å². The van der Waals surface area contributed by atoms with Crippen molar-refractivity contribution >= 4 is 33.3 Å². The van der Waals surface area contributed by atoms with Crippen LogP contribution in [0.1, 0.15) is 12.0 Å². The van der Waals surface area contributed by atoms with Crippen LogP contribution in [-0.4, -0.2) is 25.7 Å². The van der Waals surface area contributed by atoms with Gasteiger partial charge in [0.05, 0.1) is 0 Å². The number of nitrogens with one attached hydrogen (secondary N) is 2. The summed E-state index contributed by atoms with van der Waals surface area (Å²) in [5.41, 5.74) is 3.35. The van der Waals surface area contributed by atoms with Crippen LogP contribution >= 0.6 is 15.9 Å². The van der Waals surface area contributed by atoms with Crippen molar-refractivity contribution in [2.24, 2.45) is 5.92 Å². The zero-order valence-electron chi connectivity index (χ0n) is 13.8. The van der Waals surface area contributed by atoms with Crippen molar-refractivity contribution < 1.29 is 4.79 Å². The van der Waals surface area contributed by atoms with E-state index < -0.39 is 0 Å². The Morgan fingerprint density at radius 3 is 2.79 bits per heavy atom. The molecule has 2 N–H and O–H groups in total. The number of nitrogens with zero attached hydrogens (tertiary/aromatic N) is 1. The van der Waals surface area contributed by atoms with E-state index >= 15 is 0 Å². The molecule has 1 fully saturated rings. The number of amides is 2. The van der Waals surface area contributed by atoms with Gasteiger partial charge in [0.15, 0.2) is 0 Å². The lowest BCUT2D eigenvalue weighted by Crippen LogP contribution is -2.34. The van der Waals surface area contributed by atoms with Crippen molar-refractivity contribution in [1.29, 1.82) is 0 Å². The number of carbonyl (C=O) groups excluding carboxylic acids is 1. The molecule has 5 heteroatoms. The smallest absolute Gasteiger partial charge is 0.319 e. The molecular weight excluding hydrogens is 366 g/mol. The van der Waals surface area contributed by atoms with Gasteiger partial charge in [-0.15, -0.1) is 0 Å². The van der Waals surface area contributed by atoms with Crippen LogP contribution in [0, 0.1) is 12.8 Å². The van der Waals surface area contributed by atoms with E-state index in [0.717, 1.165) is 29.7 Å². The van der Waals surface area contributed by atoms with E-state index in [1.165, 1.54) is 11.3 Å². The van der Waals surface area contributed by atoms with Crippen LogP contribution in [0.3, 0.4) is 0 Å². The minimum Gasteiger partial charge on any atom is -0.371 e. The average Bonchev–Trinajstić information content (AvgIpc) is 3.04. The Kier molecular flexibility index (Phi) is 5.41. The fourth-order valence-electron chi connectivity index (χ4n) is 3.00. The molecule has 2 amide bonds. The second kappa shape index (κ2) is 7.71. The summed E-state index contributed by atoms with van der Waals surface area (Å²) < 4.78 is 0.996. The molecule has 1 unspecified atom stereocenters. The Hall–Kier alpha value is -2.01. The van der Waals surface area contributed by atoms with E-state index in [1.54, 1.807) is 0 Å². The average molecular weight is 388 g/mol. The van der Waals surface area contributed by atoms with Crippen LogP contribution in [0.4, 0.5) is 16.2 Å². The molecule has 3 rings (SSSR count). The molecule has 1 saturated heterocycles. The molecule has 4 nitrogen and oxygen atoms in total. The monoisotopic (exact) mass is 387 g/mol. The molecule has 1 aliphatic heterocycles. The SMILES string of the molecule is Cc1cccc(N2CCC(CNC(=O)Nc3ccc(Br)cc3)C2)c1. The van der Waals surface area contributed by atoms with Crippen LogP contribution in [0.15, 0.2) is 53.0 Å². The number of benzene rings is 2. The third-order valence-corrected chi connectivity index (χ3v) is 4.83. The van der Waals surface area contributed by atoms with E-state index in [-0.39, 0.29) is 6.03 Å². The van der Waals surface area contributed by atoms with E-state index in [1.807, 2.05) is 24.3 Å². The maximum atomic E-state index is 12.0. The van der Waals surface area contributed by atoms with Gasteiger partial charge in [0.25, 0.3) is 0 Å². The first-order chi connectivity index (χ1) is 11.6. The van der Waals surface area contributed by atoms with Gasteiger partial charge in [0, 0.05) is 35.5 Å². The van der Waals surface area contributed by atoms with Gasteiger partial charge in [-0.25, -0.2) is 4.79 Å². The first-order valence-electron chi connectivity index (χ1n) is 8.22. The summed E-state index contributed by atoms with van der Waals surface area (Å²) >= 11 is 3.38. The fraction of sp³-hybridized carbons (Fsp3) is 0.316. The third kappa shape index (κ3) is 4.51. The van der Waals surface area contributed by atoms with E-state index in [9.17, 15) is 4.79 Å². The van der Waals surface area contributed by atoms with Crippen molar-refractivity contribution in [2.45, 2.75) is 13.3 Å². The highest BCUT2D eigenvalue weighted by Gasteiger charge is 2.23. The van der Waals surface area contributed by atoms with Gasteiger partial charge in [-0.2, -0.15) is 0 Å². The van der Waals surface area contributed by atoms with Crippen molar-refractivity contribution in [3.05, 3.63) is 58.6 Å². The molecule has 1 atom stereocenters. The zero-order valence-corrected chi connectivity index (χ0v) is 15.3. The highest BCUT2D eigenvalue weighted by atomic mass is 79.9. The second-order valence-electron chi connectivity index (χ2n) is 6.28. The summed E-state index contributed by atoms with van der Waals surface area (Å²) in [5, 5.41) is 5.84. The fourth-order valence-corrected chi connectivity index (χ4v) is 3.27. The van der Waals surface area contributed by atoms with Gasteiger partial charge in [0.2, 0.25) is 0 Å². The highest BCUT2D eigenvalue weighted by molar-refractivity contribution is 9.10. The molecule has 0 aliphatic carbocycles. The molecule has 1 aliphatic rings. The Morgan fingerprint density at radius 1 is 1.25 bits per heavy atom. The molecule has 0 aromatic heterocycles. The number of anilines is 2. The predicted octanol–water partition coefficient (Wildman–Crippen LogP) is 4.41. The van der Waals surface area contributed by atoms with Crippen LogP contribution in [-0.2, 0) is 0 Å². The van der Waals surface area contributed by atoms with Gasteiger partial charge in [-0.3, -0.25) is 0 Å². The summed E-state index contributed by atoms with van der Waals surface area (Å²) in [7, 11) is 0. The minimum absolute atomic E-state index is 0.147. The van der Waals surface area contributed by atoms with Gasteiger partial charge in [-0.05, 0) is 61.2 Å². The largest absolute Gasteiger partial charge is 0.371 e. The van der Waals surface area contributed by atoms with Crippen LogP contribution in [0.25, 0.3) is 0 Å². The van der Waals surface area contributed by atoms with Crippen molar-refractivity contribution in [1.82, 2.24) is 5.32 Å². The number of carbonyl (C=O) groups is 1. The minimum atomic E-state index is -0.147. The first kappa shape index (κ1) is 16.8. The number of aryl methyl sites for hydroxylation is 1. The van der Waals surface area contributed by atoms with E-state index in [0.29, 0.717) is 12.5 Å². The highest BCUT2D eigenvalue weighted by Crippen LogP contribution is 2.24. The van der Waals surface area contributed by atoms with Crippen molar-refractivity contribution in [2.75, 3.05) is 29.9 Å². The number of hydrogen-bond acceptors (Lipinski definition) is 2. The Labute approximate surface area is 151 Å². The number of hydrogen-bond donors (Lipinski definition) is 2. The summed E-state index contributed by atoms with van der Waals surface area (Å²) in [4.78, 5) is 14.4. The quantitative estimate of drug-likeness (QED) is 0.815. The summed E-state index contributed by atoms with van der Waals surface area (Å²) in [5.74, 6) is 0.487. The van der Waals surface area contributed by atoms with Crippen LogP contribution in [0.5, 0.6) is 0 Å². The third-order valence-electron chi connectivity index (χ3n) is 4.31. The van der Waals surface area contributed by atoms with Crippen molar-refractivity contribution in [3.8, 4) is 0 Å². The Bertz CT molecular complexity index is 702. The van der Waals surface area contributed by atoms with Gasteiger partial charge in [-0.1, -0.05) is 28.1 Å². The number of rotatable bonds is 4. The lowest BCUT2D eigenvalue weighted by atomic mass is 10.1. The zero-order chi connectivity index (χ0) is 16.9. The maximum absolute atomic E-state index is 12.0. The number of urea groups is 1. The molecule has 2 aromatic carbocycles. The molecule has 126 valence electrons. The van der Waals surface area contributed by atoms with E-state index in [2.05, 4.69) is 62.7 Å². The lowest BCUT2D eigenvalue weighted by molar-refractivity contribution is 0.250. The summed E-state index contributed by atoms with van der Waals surface area (Å²) in [6, 6.07) is 16.0. The molecule has 0 saturated carbocycles. The number of halogens is 1. The topological polar surface area (TPSA) is 44.4 Å². The standard InChI is InChI=1S/C19H22BrN3O/c1-14-3-2-4-18(11-14)23-10-9-15(13-23)12-21-19(24)22-17-7-5-16(20)6-8-17/h2-8,11,15H,9-10,12-13H2,1H3,(H2,21,22,24). The molecular formula is C19H22BrN3O. The van der Waals surface area contributed by atoms with E-state index in [4.69, 9.17) is 0 Å². The lowest BCUT2D eigenvalue weighted by Gasteiger charge is -2.19. The Morgan fingerprint density at radius 2 is 2.04 bits per heavy atom. The molecule has 0 bridgehead atoms. The molecule has 0 radical (unpaired) electrons. The van der Waals surface area contributed by atoms with Crippen LogP contribution < -0.4 is 15.5 Å². The Balaban J connectivity index is 1.45. The molecule has 2 aromatic rings. The summed E-state index contributed by atoms with van der Waals surface area (Å²) in [6.07, 6.45) is 1.10. The maximum Gasteiger partial charge on any atom is 0.319 e. The van der Waals surface area contributed by atoms with Gasteiger partial charge in [0.1, 0.15) is 0 Å². The normalized spacial score (nSPS) is 16.9. The molecule has 1 heterocycles. The first-order valence-corrected chi connectivity index (χ1v) is 9.01. The predicted molar refractivity (Wildman–Crippen MR) is 103 cm³/mol. The van der Waals surface area contributed by atoms with Gasteiger partial charge >= 0.3 is 6.03 Å². The van der Waals surface area contributed by atoms with Crippen LogP contribution in [0.2, 0.25) is 0 Å². The summed E-state index contributed by atoms with van der Waals surface area (Å²) in [6.45, 7) is 4.85. The second-order valence-corrected chi connectivity index (χ2v) is 7.20. The molecule has 24 heavy (non-hydrogen) atoms. The molecule has 0 spiro atoms.